The van der Waals surface area contributed by atoms with Crippen LogP contribution in [0.2, 0.25) is 5.15 Å². The lowest BCUT2D eigenvalue weighted by molar-refractivity contribution is 0.431. The van der Waals surface area contributed by atoms with Crippen LogP contribution >= 0.6 is 11.6 Å². The van der Waals surface area contributed by atoms with Crippen LogP contribution in [0.3, 0.4) is 0 Å². The number of nitrogens with one attached hydrogen (secondary N) is 1. The van der Waals surface area contributed by atoms with Crippen molar-refractivity contribution in [3.05, 3.63) is 10.7 Å². The zero-order valence-electron chi connectivity index (χ0n) is 7.22. The molecule has 2 heterocycles. The molecular weight excluding hydrogens is 190 g/mol. The van der Waals surface area contributed by atoms with Gasteiger partial charge in [0.1, 0.15) is 0 Å². The first-order valence-electron chi connectivity index (χ1n) is 4.40. The molecule has 0 spiro atoms. The number of halogens is 1. The average molecular weight is 202 g/mol. The Kier molecular flexibility index (Phi) is 2.42. The second-order valence-electron chi connectivity index (χ2n) is 3.28. The Morgan fingerprint density at radius 2 is 2.15 bits per heavy atom. The molecule has 0 amide bonds. The van der Waals surface area contributed by atoms with Gasteiger partial charge in [0.15, 0.2) is 5.15 Å². The lowest BCUT2D eigenvalue weighted by Crippen LogP contribution is -2.26. The highest BCUT2D eigenvalue weighted by atomic mass is 35.5. The van der Waals surface area contributed by atoms with Crippen LogP contribution in [-0.2, 0) is 0 Å². The quantitative estimate of drug-likeness (QED) is 0.721. The Morgan fingerprint density at radius 3 is 2.69 bits per heavy atom. The lowest BCUT2D eigenvalue weighted by Gasteiger charge is -2.21. The van der Waals surface area contributed by atoms with Crippen molar-refractivity contribution >= 4 is 17.5 Å². The molecule has 5 heteroatoms. The minimum Gasteiger partial charge on any atom is -0.367 e. The van der Waals surface area contributed by atoms with E-state index >= 15 is 0 Å². The van der Waals surface area contributed by atoms with Crippen LogP contribution in [0.4, 0.5) is 5.88 Å². The molecule has 0 aromatic carbocycles. The lowest BCUT2D eigenvalue weighted by atomic mass is 9.92. The highest BCUT2D eigenvalue weighted by Crippen LogP contribution is 2.34. The van der Waals surface area contributed by atoms with Crippen molar-refractivity contribution in [3.8, 4) is 0 Å². The number of nitrogen functional groups attached to an aromatic ring is 1. The molecule has 1 fully saturated rings. The van der Waals surface area contributed by atoms with E-state index in [4.69, 9.17) is 21.9 Å². The van der Waals surface area contributed by atoms with Crippen molar-refractivity contribution in [1.29, 1.82) is 0 Å². The van der Waals surface area contributed by atoms with Gasteiger partial charge in [0.05, 0.1) is 5.56 Å². The molecule has 1 aliphatic rings. The number of nitrogens with zero attached hydrogens (tertiary/aromatic N) is 1. The molecule has 3 N–H and O–H groups in total. The largest absolute Gasteiger partial charge is 0.367 e. The Hall–Kier alpha value is -0.740. The van der Waals surface area contributed by atoms with Gasteiger partial charge in [-0.05, 0) is 31.8 Å². The maximum atomic E-state index is 5.87. The van der Waals surface area contributed by atoms with E-state index in [-0.39, 0.29) is 0 Å². The number of aromatic nitrogens is 1. The van der Waals surface area contributed by atoms with Gasteiger partial charge in [0.25, 0.3) is 0 Å². The summed E-state index contributed by atoms with van der Waals surface area (Å²) in [4.78, 5) is 0. The summed E-state index contributed by atoms with van der Waals surface area (Å²) in [5.74, 6) is 0.775. The third-order valence-corrected chi connectivity index (χ3v) is 2.73. The summed E-state index contributed by atoms with van der Waals surface area (Å²) in [6.07, 6.45) is 2.09. The van der Waals surface area contributed by atoms with E-state index in [9.17, 15) is 0 Å². The van der Waals surface area contributed by atoms with Crippen molar-refractivity contribution < 1.29 is 4.52 Å². The van der Waals surface area contributed by atoms with Crippen LogP contribution < -0.4 is 11.1 Å². The first-order chi connectivity index (χ1) is 6.29. The SMILES string of the molecule is Nc1onc(Cl)c1C1CCNCC1. The predicted molar refractivity (Wildman–Crippen MR) is 50.8 cm³/mol. The molecule has 1 aromatic heterocycles. The zero-order chi connectivity index (χ0) is 9.26. The van der Waals surface area contributed by atoms with Gasteiger partial charge in [-0.15, -0.1) is 0 Å². The molecule has 0 saturated carbocycles. The van der Waals surface area contributed by atoms with Crippen molar-refractivity contribution in [2.75, 3.05) is 18.8 Å². The number of nitrogens with two attached hydrogens (primary N) is 1. The fourth-order valence-corrected chi connectivity index (χ4v) is 2.05. The van der Waals surface area contributed by atoms with E-state index in [1.807, 2.05) is 0 Å². The van der Waals surface area contributed by atoms with Crippen molar-refractivity contribution in [2.24, 2.45) is 0 Å². The summed E-state index contributed by atoms with van der Waals surface area (Å²) in [6.45, 7) is 2.01. The highest BCUT2D eigenvalue weighted by molar-refractivity contribution is 6.30. The van der Waals surface area contributed by atoms with E-state index in [1.54, 1.807) is 0 Å². The number of hydrogen-bond donors (Lipinski definition) is 2. The van der Waals surface area contributed by atoms with E-state index < -0.39 is 0 Å². The average Bonchev–Trinajstić information content (AvgIpc) is 2.48. The standard InChI is InChI=1S/C8H12ClN3O/c9-7-6(8(10)13-12-7)5-1-3-11-4-2-5/h5,11H,1-4,10H2. The van der Waals surface area contributed by atoms with Crippen LogP contribution in [0.1, 0.15) is 24.3 Å². The van der Waals surface area contributed by atoms with Gasteiger partial charge in [-0.25, -0.2) is 0 Å². The number of hydrogen-bond acceptors (Lipinski definition) is 4. The van der Waals surface area contributed by atoms with E-state index in [1.165, 1.54) is 0 Å². The molecule has 4 nitrogen and oxygen atoms in total. The summed E-state index contributed by atoms with van der Waals surface area (Å²) in [7, 11) is 0. The Balaban J connectivity index is 2.22. The molecule has 0 atom stereocenters. The molecule has 0 unspecified atom stereocenters. The van der Waals surface area contributed by atoms with Crippen LogP contribution in [0, 0.1) is 0 Å². The predicted octanol–water partition coefficient (Wildman–Crippen LogP) is 1.38. The Morgan fingerprint density at radius 1 is 1.46 bits per heavy atom. The van der Waals surface area contributed by atoms with E-state index in [0.29, 0.717) is 17.0 Å². The molecule has 2 rings (SSSR count). The smallest absolute Gasteiger partial charge is 0.227 e. The second kappa shape index (κ2) is 3.55. The maximum Gasteiger partial charge on any atom is 0.227 e. The number of rotatable bonds is 1. The van der Waals surface area contributed by atoms with Crippen LogP contribution in [-0.4, -0.2) is 18.2 Å². The summed E-state index contributed by atoms with van der Waals surface area (Å²) in [6, 6.07) is 0. The molecule has 0 aliphatic carbocycles. The summed E-state index contributed by atoms with van der Waals surface area (Å²) in [5.41, 5.74) is 6.53. The normalized spacial score (nSPS) is 19.2. The molecule has 1 aliphatic heterocycles. The Bertz CT molecular complexity index is 274. The molecule has 72 valence electrons. The molecule has 1 aromatic rings. The van der Waals surface area contributed by atoms with Gasteiger partial charge in [0, 0.05) is 0 Å². The van der Waals surface area contributed by atoms with Crippen molar-refractivity contribution in [2.45, 2.75) is 18.8 Å². The molecule has 1 saturated heterocycles. The second-order valence-corrected chi connectivity index (χ2v) is 3.63. The van der Waals surface area contributed by atoms with E-state index in [0.717, 1.165) is 31.5 Å². The van der Waals surface area contributed by atoms with Crippen LogP contribution in [0.25, 0.3) is 0 Å². The van der Waals surface area contributed by atoms with Crippen molar-refractivity contribution in [1.82, 2.24) is 10.5 Å². The number of anilines is 1. The fraction of sp³-hybridized carbons (Fsp3) is 0.625. The minimum absolute atomic E-state index is 0.372. The first kappa shape index (κ1) is 8.84. The first-order valence-corrected chi connectivity index (χ1v) is 4.78. The van der Waals surface area contributed by atoms with Crippen LogP contribution in [0.15, 0.2) is 4.52 Å². The summed E-state index contributed by atoms with van der Waals surface area (Å²) >= 11 is 5.87. The topological polar surface area (TPSA) is 64.1 Å². The molecule has 13 heavy (non-hydrogen) atoms. The van der Waals surface area contributed by atoms with Gasteiger partial charge in [-0.1, -0.05) is 16.8 Å². The summed E-state index contributed by atoms with van der Waals surface area (Å²) < 4.78 is 4.82. The van der Waals surface area contributed by atoms with Gasteiger partial charge in [-0.2, -0.15) is 0 Å². The van der Waals surface area contributed by atoms with Gasteiger partial charge in [0.2, 0.25) is 5.88 Å². The van der Waals surface area contributed by atoms with Gasteiger partial charge in [-0.3, -0.25) is 0 Å². The molecule has 0 radical (unpaired) electrons. The van der Waals surface area contributed by atoms with Gasteiger partial charge < -0.3 is 15.6 Å². The highest BCUT2D eigenvalue weighted by Gasteiger charge is 2.23. The van der Waals surface area contributed by atoms with Gasteiger partial charge >= 0.3 is 0 Å². The molecular formula is C8H12ClN3O. The van der Waals surface area contributed by atoms with Crippen LogP contribution in [0.5, 0.6) is 0 Å². The zero-order valence-corrected chi connectivity index (χ0v) is 7.97. The third kappa shape index (κ3) is 1.64. The Labute approximate surface area is 81.4 Å². The van der Waals surface area contributed by atoms with E-state index in [2.05, 4.69) is 10.5 Å². The number of piperidine rings is 1. The maximum absolute atomic E-state index is 5.87. The fourth-order valence-electron chi connectivity index (χ4n) is 1.77. The third-order valence-electron chi connectivity index (χ3n) is 2.46. The van der Waals surface area contributed by atoms with Crippen molar-refractivity contribution in [3.63, 3.8) is 0 Å². The molecule has 0 bridgehead atoms. The summed E-state index contributed by atoms with van der Waals surface area (Å²) in [5, 5.41) is 7.34. The monoisotopic (exact) mass is 201 g/mol. The minimum atomic E-state index is 0.372.